The minimum atomic E-state index is -4.52. The zero-order chi connectivity index (χ0) is 12.7. The quantitative estimate of drug-likeness (QED) is 0.747. The van der Waals surface area contributed by atoms with Gasteiger partial charge in [0, 0.05) is 24.2 Å². The highest BCUT2D eigenvalue weighted by Gasteiger charge is 2.31. The van der Waals surface area contributed by atoms with E-state index in [9.17, 15) is 13.5 Å². The van der Waals surface area contributed by atoms with Crippen molar-refractivity contribution in [2.75, 3.05) is 0 Å². The molecule has 1 rings (SSSR count). The summed E-state index contributed by atoms with van der Waals surface area (Å²) in [6, 6.07) is 0. The predicted molar refractivity (Wildman–Crippen MR) is 58.4 cm³/mol. The number of aromatic nitrogens is 2. The molecule has 0 saturated carbocycles. The summed E-state index contributed by atoms with van der Waals surface area (Å²) >= 11 is 0. The smallest absolute Gasteiger partial charge is 0.296 e. The first-order valence-corrected chi connectivity index (χ1v) is 6.22. The molecular weight excluding hydrogens is 232 g/mol. The largest absolute Gasteiger partial charge is 0.371 e. The molecule has 1 aromatic heterocycles. The number of aliphatic hydroxyl groups is 1. The second kappa shape index (κ2) is 3.83. The molecule has 6 nitrogen and oxygen atoms in total. The van der Waals surface area contributed by atoms with Crippen LogP contribution in [0.25, 0.3) is 0 Å². The van der Waals surface area contributed by atoms with Crippen molar-refractivity contribution >= 4 is 10.1 Å². The Kier molecular flexibility index (Phi) is 3.15. The summed E-state index contributed by atoms with van der Waals surface area (Å²) in [5, 5.41) is 13.6. The van der Waals surface area contributed by atoms with Gasteiger partial charge in [0.05, 0.1) is 5.69 Å². The van der Waals surface area contributed by atoms with Gasteiger partial charge in [-0.2, -0.15) is 13.5 Å². The van der Waals surface area contributed by atoms with Crippen LogP contribution in [0.2, 0.25) is 0 Å². The normalized spacial score (nSPS) is 15.1. The highest BCUT2D eigenvalue weighted by molar-refractivity contribution is 7.85. The van der Waals surface area contributed by atoms with Crippen molar-refractivity contribution in [3.8, 4) is 0 Å². The molecular formula is C9H16N2O4S. The molecule has 0 spiro atoms. The molecule has 0 saturated heterocycles. The number of hydrogen-bond donors (Lipinski definition) is 2. The van der Waals surface area contributed by atoms with Crippen LogP contribution in [0.15, 0.2) is 6.20 Å². The zero-order valence-electron chi connectivity index (χ0n) is 9.67. The van der Waals surface area contributed by atoms with Crippen molar-refractivity contribution in [3.63, 3.8) is 0 Å². The molecule has 1 atom stereocenters. The molecule has 7 heteroatoms. The van der Waals surface area contributed by atoms with E-state index < -0.39 is 21.0 Å². The summed E-state index contributed by atoms with van der Waals surface area (Å²) in [5.41, 5.74) is -1.81. The maximum absolute atomic E-state index is 10.9. The van der Waals surface area contributed by atoms with E-state index in [1.165, 1.54) is 10.9 Å². The lowest BCUT2D eigenvalue weighted by Gasteiger charge is -2.18. The third-order valence-corrected chi connectivity index (χ3v) is 2.93. The van der Waals surface area contributed by atoms with Crippen LogP contribution >= 0.6 is 0 Å². The first kappa shape index (κ1) is 13.1. The van der Waals surface area contributed by atoms with E-state index in [2.05, 4.69) is 5.10 Å². The Morgan fingerprint density at radius 3 is 2.31 bits per heavy atom. The number of aliphatic hydroxyl groups excluding tert-OH is 1. The standard InChI is InChI=1S/C9H16N2O4S/c1-9(2,3)7-6(5-11(4)10-7)8(12)16(13,14)15/h5,8,12H,1-4H3,(H,13,14,15). The molecule has 0 fully saturated rings. The van der Waals surface area contributed by atoms with Crippen molar-refractivity contribution in [2.24, 2.45) is 7.05 Å². The second-order valence-corrected chi connectivity index (χ2v) is 6.20. The highest BCUT2D eigenvalue weighted by atomic mass is 32.2. The van der Waals surface area contributed by atoms with Crippen LogP contribution in [-0.4, -0.2) is 27.9 Å². The second-order valence-electron chi connectivity index (χ2n) is 4.72. The summed E-state index contributed by atoms with van der Waals surface area (Å²) in [5.74, 6) is 0. The van der Waals surface area contributed by atoms with Crippen molar-refractivity contribution in [2.45, 2.75) is 31.6 Å². The Hall–Kier alpha value is -0.920. The van der Waals surface area contributed by atoms with Crippen LogP contribution in [0.4, 0.5) is 0 Å². The maximum atomic E-state index is 10.9. The molecule has 0 aliphatic heterocycles. The van der Waals surface area contributed by atoms with Gasteiger partial charge in [0.15, 0.2) is 0 Å². The van der Waals surface area contributed by atoms with Gasteiger partial charge in [-0.25, -0.2) is 0 Å². The van der Waals surface area contributed by atoms with E-state index in [0.717, 1.165) is 0 Å². The Labute approximate surface area is 94.7 Å². The fourth-order valence-corrected chi connectivity index (χ4v) is 1.92. The average molecular weight is 248 g/mol. The van der Waals surface area contributed by atoms with E-state index in [4.69, 9.17) is 4.55 Å². The van der Waals surface area contributed by atoms with Gasteiger partial charge in [0.25, 0.3) is 10.1 Å². The SMILES string of the molecule is Cn1cc(C(O)S(=O)(=O)O)c(C(C)(C)C)n1. The monoisotopic (exact) mass is 248 g/mol. The predicted octanol–water partition coefficient (Wildman–Crippen LogP) is 0.596. The molecule has 0 aromatic carbocycles. The van der Waals surface area contributed by atoms with E-state index >= 15 is 0 Å². The minimum Gasteiger partial charge on any atom is -0.371 e. The molecule has 0 bridgehead atoms. The van der Waals surface area contributed by atoms with E-state index in [0.29, 0.717) is 5.69 Å². The van der Waals surface area contributed by atoms with Crippen molar-refractivity contribution in [3.05, 3.63) is 17.5 Å². The molecule has 0 radical (unpaired) electrons. The Morgan fingerprint density at radius 2 is 1.94 bits per heavy atom. The fourth-order valence-electron chi connectivity index (χ4n) is 1.43. The maximum Gasteiger partial charge on any atom is 0.296 e. The van der Waals surface area contributed by atoms with Gasteiger partial charge in [-0.15, -0.1) is 0 Å². The van der Waals surface area contributed by atoms with Gasteiger partial charge >= 0.3 is 0 Å². The lowest BCUT2D eigenvalue weighted by molar-refractivity contribution is 0.235. The molecule has 16 heavy (non-hydrogen) atoms. The fraction of sp³-hybridized carbons (Fsp3) is 0.667. The van der Waals surface area contributed by atoms with Gasteiger partial charge in [-0.05, 0) is 0 Å². The first-order chi connectivity index (χ1) is 7.03. The van der Waals surface area contributed by atoms with Crippen molar-refractivity contribution in [1.29, 1.82) is 0 Å². The topological polar surface area (TPSA) is 92.4 Å². The van der Waals surface area contributed by atoms with Crippen LogP contribution in [0.1, 0.15) is 37.5 Å². The van der Waals surface area contributed by atoms with Gasteiger partial charge in [0.2, 0.25) is 5.44 Å². The number of hydrogen-bond acceptors (Lipinski definition) is 4. The van der Waals surface area contributed by atoms with Crippen LogP contribution < -0.4 is 0 Å². The van der Waals surface area contributed by atoms with Gasteiger partial charge in [0.1, 0.15) is 0 Å². The first-order valence-electron chi connectivity index (χ1n) is 4.72. The van der Waals surface area contributed by atoms with Crippen LogP contribution in [0.5, 0.6) is 0 Å². The highest BCUT2D eigenvalue weighted by Crippen LogP contribution is 2.30. The Bertz CT molecular complexity index is 484. The van der Waals surface area contributed by atoms with Crippen LogP contribution in [0, 0.1) is 0 Å². The molecule has 2 N–H and O–H groups in total. The summed E-state index contributed by atoms with van der Waals surface area (Å²) in [6.07, 6.45) is 1.39. The lowest BCUT2D eigenvalue weighted by Crippen LogP contribution is -2.19. The molecule has 0 aliphatic carbocycles. The summed E-state index contributed by atoms with van der Waals surface area (Å²) < 4.78 is 32.0. The van der Waals surface area contributed by atoms with Gasteiger partial charge < -0.3 is 5.11 Å². The van der Waals surface area contributed by atoms with Crippen molar-refractivity contribution in [1.82, 2.24) is 9.78 Å². The lowest BCUT2D eigenvalue weighted by atomic mass is 9.90. The van der Waals surface area contributed by atoms with Crippen molar-refractivity contribution < 1.29 is 18.1 Å². The summed E-state index contributed by atoms with van der Waals surface area (Å²) in [7, 11) is -2.90. The van der Waals surface area contributed by atoms with Gasteiger partial charge in [-0.1, -0.05) is 20.8 Å². The number of nitrogens with zero attached hydrogens (tertiary/aromatic N) is 2. The Morgan fingerprint density at radius 1 is 1.44 bits per heavy atom. The molecule has 0 amide bonds. The molecule has 1 aromatic rings. The van der Waals surface area contributed by atoms with Gasteiger partial charge in [-0.3, -0.25) is 9.23 Å². The molecule has 92 valence electrons. The summed E-state index contributed by atoms with van der Waals surface area (Å²) in [4.78, 5) is 0. The number of aryl methyl sites for hydroxylation is 1. The molecule has 1 heterocycles. The van der Waals surface area contributed by atoms with E-state index in [1.54, 1.807) is 7.05 Å². The van der Waals surface area contributed by atoms with E-state index in [1.807, 2.05) is 20.8 Å². The van der Waals surface area contributed by atoms with E-state index in [-0.39, 0.29) is 5.56 Å². The third-order valence-electron chi connectivity index (χ3n) is 2.12. The minimum absolute atomic E-state index is 0.109. The third kappa shape index (κ3) is 2.60. The average Bonchev–Trinajstić information content (AvgIpc) is 2.43. The van der Waals surface area contributed by atoms with Crippen LogP contribution in [-0.2, 0) is 22.6 Å². The molecule has 1 unspecified atom stereocenters. The summed E-state index contributed by atoms with van der Waals surface area (Å²) in [6.45, 7) is 5.53. The number of rotatable bonds is 2. The van der Waals surface area contributed by atoms with Crippen LogP contribution in [0.3, 0.4) is 0 Å². The zero-order valence-corrected chi connectivity index (χ0v) is 10.5. The Balaban J connectivity index is 3.35. The molecule has 0 aliphatic rings.